The van der Waals surface area contributed by atoms with Crippen molar-refractivity contribution in [3.05, 3.63) is 24.5 Å². The molecule has 0 atom stereocenters. The third kappa shape index (κ3) is 2.88. The molecule has 7 heteroatoms. The minimum Gasteiger partial charge on any atom is -0.308 e. The second-order valence-electron chi connectivity index (χ2n) is 4.29. The Labute approximate surface area is 98.8 Å². The minimum atomic E-state index is 0.704. The molecule has 0 saturated heterocycles. The van der Waals surface area contributed by atoms with Crippen molar-refractivity contribution in [1.29, 1.82) is 0 Å². The van der Waals surface area contributed by atoms with E-state index < -0.39 is 0 Å². The molecule has 0 bridgehead atoms. The highest BCUT2D eigenvalue weighted by Gasteiger charge is 2.20. The zero-order valence-electron chi connectivity index (χ0n) is 9.53. The topological polar surface area (TPSA) is 73.5 Å². The van der Waals surface area contributed by atoms with Crippen molar-refractivity contribution in [2.24, 2.45) is 0 Å². The van der Waals surface area contributed by atoms with Crippen molar-refractivity contribution in [2.45, 2.75) is 38.5 Å². The first-order valence-electron chi connectivity index (χ1n) is 5.85. The van der Waals surface area contributed by atoms with E-state index in [4.69, 9.17) is 0 Å². The molecule has 0 spiro atoms. The van der Waals surface area contributed by atoms with Gasteiger partial charge in [0.1, 0.15) is 12.7 Å². The summed E-state index contributed by atoms with van der Waals surface area (Å²) in [6, 6.07) is 0.704. The Morgan fingerprint density at radius 1 is 1.29 bits per heavy atom. The first-order valence-corrected chi connectivity index (χ1v) is 5.85. The van der Waals surface area contributed by atoms with Crippen LogP contribution in [0.4, 0.5) is 0 Å². The molecule has 17 heavy (non-hydrogen) atoms. The van der Waals surface area contributed by atoms with Crippen LogP contribution in [-0.4, -0.2) is 35.8 Å². The van der Waals surface area contributed by atoms with Crippen molar-refractivity contribution in [3.8, 4) is 0 Å². The van der Waals surface area contributed by atoms with Crippen LogP contribution in [0.2, 0.25) is 0 Å². The number of aromatic nitrogens is 6. The summed E-state index contributed by atoms with van der Waals surface area (Å²) in [5, 5.41) is 15.7. The summed E-state index contributed by atoms with van der Waals surface area (Å²) in [7, 11) is 0. The molecule has 3 rings (SSSR count). The second-order valence-corrected chi connectivity index (χ2v) is 4.29. The Hall–Kier alpha value is -1.76. The average molecular weight is 233 g/mol. The van der Waals surface area contributed by atoms with Crippen LogP contribution >= 0.6 is 0 Å². The summed E-state index contributed by atoms with van der Waals surface area (Å²) >= 11 is 0. The summed E-state index contributed by atoms with van der Waals surface area (Å²) in [5.41, 5.74) is 0.996. The van der Waals surface area contributed by atoms with Crippen LogP contribution in [0.3, 0.4) is 0 Å². The summed E-state index contributed by atoms with van der Waals surface area (Å²) in [6.45, 7) is 2.34. The van der Waals surface area contributed by atoms with Gasteiger partial charge in [0.05, 0.1) is 18.8 Å². The van der Waals surface area contributed by atoms with Crippen molar-refractivity contribution < 1.29 is 0 Å². The number of hydrogen-bond acceptors (Lipinski definition) is 5. The standard InChI is InChI=1S/C10H15N7/c1-2-9(1)12-5-10-6-16(15-14-10)3-4-17-8-11-7-13-17/h6-9,12H,1-5H2. The largest absolute Gasteiger partial charge is 0.308 e. The third-order valence-corrected chi connectivity index (χ3v) is 2.76. The van der Waals surface area contributed by atoms with Gasteiger partial charge in [0.15, 0.2) is 0 Å². The Bertz CT molecular complexity index is 457. The normalized spacial score (nSPS) is 15.3. The summed E-state index contributed by atoms with van der Waals surface area (Å²) < 4.78 is 3.62. The van der Waals surface area contributed by atoms with E-state index in [0.717, 1.165) is 25.3 Å². The van der Waals surface area contributed by atoms with Crippen LogP contribution in [-0.2, 0) is 19.6 Å². The highest BCUT2D eigenvalue weighted by Crippen LogP contribution is 2.18. The maximum absolute atomic E-state index is 4.12. The third-order valence-electron chi connectivity index (χ3n) is 2.76. The summed E-state index contributed by atoms with van der Waals surface area (Å²) in [5.74, 6) is 0. The van der Waals surface area contributed by atoms with Gasteiger partial charge in [-0.05, 0) is 12.8 Å². The number of aryl methyl sites for hydroxylation is 2. The number of rotatable bonds is 6. The van der Waals surface area contributed by atoms with Gasteiger partial charge in [0.2, 0.25) is 0 Å². The van der Waals surface area contributed by atoms with Crippen molar-refractivity contribution in [2.75, 3.05) is 0 Å². The zero-order valence-corrected chi connectivity index (χ0v) is 9.53. The van der Waals surface area contributed by atoms with Gasteiger partial charge >= 0.3 is 0 Å². The molecule has 2 heterocycles. The van der Waals surface area contributed by atoms with E-state index in [1.165, 1.54) is 19.2 Å². The van der Waals surface area contributed by atoms with Crippen LogP contribution in [0.1, 0.15) is 18.5 Å². The van der Waals surface area contributed by atoms with Crippen molar-refractivity contribution in [3.63, 3.8) is 0 Å². The van der Waals surface area contributed by atoms with Crippen LogP contribution in [0.25, 0.3) is 0 Å². The van der Waals surface area contributed by atoms with Gasteiger partial charge in [-0.1, -0.05) is 5.21 Å². The van der Waals surface area contributed by atoms with Crippen molar-refractivity contribution >= 4 is 0 Å². The Morgan fingerprint density at radius 3 is 2.94 bits per heavy atom. The van der Waals surface area contributed by atoms with Crippen LogP contribution in [0.5, 0.6) is 0 Å². The quantitative estimate of drug-likeness (QED) is 0.749. The van der Waals surface area contributed by atoms with Gasteiger partial charge < -0.3 is 5.32 Å². The smallest absolute Gasteiger partial charge is 0.137 e. The molecule has 1 saturated carbocycles. The first-order chi connectivity index (χ1) is 8.40. The fourth-order valence-corrected chi connectivity index (χ4v) is 1.62. The lowest BCUT2D eigenvalue weighted by atomic mass is 10.4. The highest BCUT2D eigenvalue weighted by atomic mass is 15.4. The molecule has 1 aliphatic carbocycles. The Morgan fingerprint density at radius 2 is 2.18 bits per heavy atom. The van der Waals surface area contributed by atoms with Crippen molar-refractivity contribution in [1.82, 2.24) is 35.1 Å². The Balaban J connectivity index is 1.49. The molecule has 2 aromatic rings. The van der Waals surface area contributed by atoms with E-state index in [1.807, 2.05) is 10.9 Å². The molecule has 2 aromatic heterocycles. The molecule has 0 aliphatic heterocycles. The van der Waals surface area contributed by atoms with Gasteiger partial charge in [-0.25, -0.2) is 4.98 Å². The van der Waals surface area contributed by atoms with E-state index in [9.17, 15) is 0 Å². The molecule has 0 amide bonds. The van der Waals surface area contributed by atoms with E-state index in [0.29, 0.717) is 6.04 Å². The van der Waals surface area contributed by atoms with E-state index >= 15 is 0 Å². The van der Waals surface area contributed by atoms with Gasteiger partial charge in [-0.15, -0.1) is 5.10 Å². The van der Waals surface area contributed by atoms with Gasteiger partial charge in [-0.3, -0.25) is 9.36 Å². The fraction of sp³-hybridized carbons (Fsp3) is 0.600. The van der Waals surface area contributed by atoms with Crippen LogP contribution in [0, 0.1) is 0 Å². The summed E-state index contributed by atoms with van der Waals surface area (Å²) in [6.07, 6.45) is 7.80. The maximum Gasteiger partial charge on any atom is 0.137 e. The molecule has 0 aromatic carbocycles. The van der Waals surface area contributed by atoms with Crippen LogP contribution in [0.15, 0.2) is 18.9 Å². The predicted molar refractivity (Wildman–Crippen MR) is 59.9 cm³/mol. The number of hydrogen-bond donors (Lipinski definition) is 1. The average Bonchev–Trinajstić information content (AvgIpc) is 2.86. The van der Waals surface area contributed by atoms with E-state index in [2.05, 4.69) is 25.7 Å². The zero-order chi connectivity index (χ0) is 11.5. The molecule has 1 N–H and O–H groups in total. The maximum atomic E-state index is 4.12. The first kappa shape index (κ1) is 10.4. The molecular formula is C10H15N7. The lowest BCUT2D eigenvalue weighted by molar-refractivity contribution is 0.489. The second kappa shape index (κ2) is 4.62. The molecule has 0 radical (unpaired) electrons. The molecule has 1 fully saturated rings. The molecule has 90 valence electrons. The lowest BCUT2D eigenvalue weighted by Gasteiger charge is -1.99. The molecular weight excluding hydrogens is 218 g/mol. The summed E-state index contributed by atoms with van der Waals surface area (Å²) in [4.78, 5) is 3.89. The predicted octanol–water partition coefficient (Wildman–Crippen LogP) is -0.178. The lowest BCUT2D eigenvalue weighted by Crippen LogP contribution is -2.15. The van der Waals surface area contributed by atoms with Gasteiger partial charge in [0.25, 0.3) is 0 Å². The molecule has 7 nitrogen and oxygen atoms in total. The number of nitrogens with zero attached hydrogens (tertiary/aromatic N) is 6. The van der Waals surface area contributed by atoms with Crippen LogP contribution < -0.4 is 5.32 Å². The Kier molecular flexibility index (Phi) is 2.83. The van der Waals surface area contributed by atoms with Gasteiger partial charge in [0, 0.05) is 18.8 Å². The van der Waals surface area contributed by atoms with Gasteiger partial charge in [-0.2, -0.15) is 5.10 Å². The SMILES string of the molecule is c1ncn(CCn2cc(CNC3CC3)nn2)n1. The fourth-order valence-electron chi connectivity index (χ4n) is 1.62. The minimum absolute atomic E-state index is 0.704. The monoisotopic (exact) mass is 233 g/mol. The molecule has 1 aliphatic rings. The van der Waals surface area contributed by atoms with E-state index in [-0.39, 0.29) is 0 Å². The van der Waals surface area contributed by atoms with E-state index in [1.54, 1.807) is 11.0 Å². The highest BCUT2D eigenvalue weighted by molar-refractivity contribution is 4.94. The molecule has 0 unspecified atom stereocenters. The number of nitrogens with one attached hydrogen (secondary N) is 1.